The highest BCUT2D eigenvalue weighted by Gasteiger charge is 2.10. The van der Waals surface area contributed by atoms with Gasteiger partial charge >= 0.3 is 0 Å². The average Bonchev–Trinajstić information content (AvgIpc) is 3.30. The number of carbonyl (C=O) groups excluding carboxylic acids is 2. The van der Waals surface area contributed by atoms with Gasteiger partial charge in [-0.05, 0) is 67.1 Å². The molecule has 0 aliphatic rings. The number of hydrogen-bond acceptors (Lipinski definition) is 7. The molecule has 5 rings (SSSR count). The summed E-state index contributed by atoms with van der Waals surface area (Å²) in [5, 5.41) is 7.79. The maximum Gasteiger partial charge on any atom is 0.255 e. The van der Waals surface area contributed by atoms with Gasteiger partial charge in [0.15, 0.2) is 0 Å². The number of unbranched alkanes of at least 4 members (excludes halogenated alkanes) is 1. The number of pyridine rings is 1. The molecule has 2 heterocycles. The van der Waals surface area contributed by atoms with Crippen molar-refractivity contribution in [3.63, 3.8) is 0 Å². The Kier molecular flexibility index (Phi) is 8.15. The zero-order chi connectivity index (χ0) is 27.9. The van der Waals surface area contributed by atoms with Crippen molar-refractivity contribution in [3.8, 4) is 0 Å². The van der Waals surface area contributed by atoms with E-state index < -0.39 is 0 Å². The first-order valence-electron chi connectivity index (χ1n) is 12.5. The van der Waals surface area contributed by atoms with Crippen LogP contribution < -0.4 is 33.6 Å². The van der Waals surface area contributed by atoms with Crippen molar-refractivity contribution in [1.82, 2.24) is 15.3 Å². The lowest BCUT2D eigenvalue weighted by Crippen LogP contribution is -2.24. The number of nitrogens with zero attached hydrogens (tertiary/aromatic N) is 1. The number of aromatic nitrogens is 2. The molecule has 10 nitrogen and oxygen atoms in total. The largest absolute Gasteiger partial charge is 0.397 e. The molecule has 2 aromatic heterocycles. The molecule has 0 aliphatic carbocycles. The lowest BCUT2D eigenvalue weighted by atomic mass is 10.1. The van der Waals surface area contributed by atoms with Gasteiger partial charge in [-0.2, -0.15) is 0 Å². The van der Waals surface area contributed by atoms with Crippen LogP contribution in [0, 0.1) is 0 Å². The molecule has 0 bridgehead atoms. The second-order valence-corrected chi connectivity index (χ2v) is 9.06. The second kappa shape index (κ2) is 11.9. The SMILES string of the molecule is CCCCNC(=O)c1ccc(N)c(N)c1.Nc1ccc(C(=O)Nc2ccc3[nH]c4cnccc4c3c2)cc1N. The first-order chi connectivity index (χ1) is 18.8. The third kappa shape index (κ3) is 6.37. The molecule has 0 atom stereocenters. The Balaban J connectivity index is 0.000000204. The summed E-state index contributed by atoms with van der Waals surface area (Å²) in [5.74, 6) is -0.335. The van der Waals surface area contributed by atoms with Gasteiger partial charge in [0.2, 0.25) is 0 Å². The maximum atomic E-state index is 12.4. The van der Waals surface area contributed by atoms with Crippen LogP contribution in [0.2, 0.25) is 0 Å². The highest BCUT2D eigenvalue weighted by atomic mass is 16.2. The van der Waals surface area contributed by atoms with E-state index in [0.717, 1.165) is 34.6 Å². The fraction of sp³-hybridized carbons (Fsp3) is 0.138. The van der Waals surface area contributed by atoms with Gasteiger partial charge in [-0.1, -0.05) is 13.3 Å². The van der Waals surface area contributed by atoms with E-state index in [1.807, 2.05) is 24.3 Å². The number of hydrogen-bond donors (Lipinski definition) is 7. The van der Waals surface area contributed by atoms with Crippen LogP contribution in [0.15, 0.2) is 73.1 Å². The van der Waals surface area contributed by atoms with Gasteiger partial charge in [-0.3, -0.25) is 14.6 Å². The smallest absolute Gasteiger partial charge is 0.255 e. The number of nitrogens with two attached hydrogens (primary N) is 4. The van der Waals surface area contributed by atoms with Crippen LogP contribution in [-0.2, 0) is 0 Å². The Morgan fingerprint density at radius 2 is 1.44 bits per heavy atom. The van der Waals surface area contributed by atoms with Crippen molar-refractivity contribution in [1.29, 1.82) is 0 Å². The molecule has 11 N–H and O–H groups in total. The molecule has 3 aromatic carbocycles. The topological polar surface area (TPSA) is 191 Å². The van der Waals surface area contributed by atoms with Gasteiger partial charge in [-0.25, -0.2) is 0 Å². The Morgan fingerprint density at radius 3 is 2.08 bits per heavy atom. The van der Waals surface area contributed by atoms with E-state index in [0.29, 0.717) is 46.1 Å². The quantitative estimate of drug-likeness (QED) is 0.125. The van der Waals surface area contributed by atoms with Gasteiger partial charge in [0.05, 0.1) is 34.5 Å². The summed E-state index contributed by atoms with van der Waals surface area (Å²) >= 11 is 0. The van der Waals surface area contributed by atoms with Crippen LogP contribution in [0.3, 0.4) is 0 Å². The van der Waals surface area contributed by atoms with Crippen LogP contribution in [0.1, 0.15) is 40.5 Å². The van der Waals surface area contributed by atoms with Crippen LogP contribution in [0.5, 0.6) is 0 Å². The summed E-state index contributed by atoms with van der Waals surface area (Å²) in [5.41, 5.74) is 28.1. The zero-order valence-electron chi connectivity index (χ0n) is 21.6. The Bertz CT molecular complexity index is 1640. The number of carbonyl (C=O) groups is 2. The summed E-state index contributed by atoms with van der Waals surface area (Å²) in [6.07, 6.45) is 5.57. The molecular weight excluding hydrogens is 492 g/mol. The van der Waals surface area contributed by atoms with Gasteiger partial charge in [-0.15, -0.1) is 0 Å². The van der Waals surface area contributed by atoms with E-state index in [4.69, 9.17) is 22.9 Å². The lowest BCUT2D eigenvalue weighted by molar-refractivity contribution is 0.0952. The number of aromatic amines is 1. The molecular formula is C29H32N8O2. The molecule has 0 fully saturated rings. The number of nitrogen functional groups attached to an aromatic ring is 4. The number of H-pyrrole nitrogens is 1. The van der Waals surface area contributed by atoms with E-state index >= 15 is 0 Å². The van der Waals surface area contributed by atoms with Crippen molar-refractivity contribution in [2.45, 2.75) is 19.8 Å². The summed E-state index contributed by atoms with van der Waals surface area (Å²) in [4.78, 5) is 31.4. The first kappa shape index (κ1) is 26.8. The Morgan fingerprint density at radius 1 is 0.769 bits per heavy atom. The summed E-state index contributed by atoms with van der Waals surface area (Å²) in [7, 11) is 0. The number of rotatable bonds is 6. The predicted octanol–water partition coefficient (Wildman–Crippen LogP) is 4.51. The highest BCUT2D eigenvalue weighted by molar-refractivity contribution is 6.10. The van der Waals surface area contributed by atoms with Crippen LogP contribution >= 0.6 is 0 Å². The molecule has 0 aliphatic heterocycles. The Hall–Kier alpha value is -5.25. The molecule has 39 heavy (non-hydrogen) atoms. The molecule has 5 aromatic rings. The number of amides is 2. The fourth-order valence-corrected chi connectivity index (χ4v) is 3.94. The van der Waals surface area contributed by atoms with Gasteiger partial charge in [0.25, 0.3) is 11.8 Å². The van der Waals surface area contributed by atoms with Crippen molar-refractivity contribution in [3.05, 3.63) is 84.2 Å². The second-order valence-electron chi connectivity index (χ2n) is 9.06. The van der Waals surface area contributed by atoms with E-state index in [1.165, 1.54) is 0 Å². The van der Waals surface area contributed by atoms with Crippen LogP contribution in [0.25, 0.3) is 21.8 Å². The van der Waals surface area contributed by atoms with Gasteiger partial charge in [0.1, 0.15) is 0 Å². The van der Waals surface area contributed by atoms with Crippen LogP contribution in [-0.4, -0.2) is 28.3 Å². The zero-order valence-corrected chi connectivity index (χ0v) is 21.6. The van der Waals surface area contributed by atoms with Gasteiger partial charge in [0, 0.05) is 45.8 Å². The molecule has 0 spiro atoms. The standard InChI is InChI=1S/C18H15N5O.C11H17N3O/c19-14-3-1-10(7-15(14)20)18(24)22-11-2-4-16-13(8-11)12-5-6-21-9-17(12)23-16;1-2-3-6-14-11(15)8-4-5-9(12)10(13)7-8/h1-9,23H,19-20H2,(H,22,24);4-5,7H,2-3,6,12-13H2,1H3,(H,14,15). The van der Waals surface area contributed by atoms with Crippen LogP contribution in [0.4, 0.5) is 28.4 Å². The normalized spacial score (nSPS) is 10.6. The molecule has 200 valence electrons. The minimum atomic E-state index is -0.234. The van der Waals surface area contributed by atoms with E-state index in [9.17, 15) is 9.59 Å². The van der Waals surface area contributed by atoms with Gasteiger partial charge < -0.3 is 38.6 Å². The number of nitrogens with one attached hydrogen (secondary N) is 3. The molecule has 10 heteroatoms. The number of fused-ring (bicyclic) bond motifs is 3. The molecule has 0 saturated carbocycles. The first-order valence-corrected chi connectivity index (χ1v) is 12.5. The maximum absolute atomic E-state index is 12.4. The third-order valence-corrected chi connectivity index (χ3v) is 6.17. The van der Waals surface area contributed by atoms with Crippen molar-refractivity contribution in [2.24, 2.45) is 0 Å². The van der Waals surface area contributed by atoms with E-state index in [1.54, 1.807) is 48.8 Å². The highest BCUT2D eigenvalue weighted by Crippen LogP contribution is 2.27. The van der Waals surface area contributed by atoms with Crippen molar-refractivity contribution in [2.75, 3.05) is 34.8 Å². The van der Waals surface area contributed by atoms with E-state index in [2.05, 4.69) is 27.5 Å². The fourth-order valence-electron chi connectivity index (χ4n) is 3.94. The van der Waals surface area contributed by atoms with Crippen molar-refractivity contribution < 1.29 is 9.59 Å². The minimum Gasteiger partial charge on any atom is -0.397 e. The number of benzene rings is 3. The summed E-state index contributed by atoms with van der Waals surface area (Å²) < 4.78 is 0. The summed E-state index contributed by atoms with van der Waals surface area (Å²) in [6, 6.07) is 17.4. The van der Waals surface area contributed by atoms with E-state index in [-0.39, 0.29) is 11.8 Å². The number of anilines is 5. The summed E-state index contributed by atoms with van der Waals surface area (Å²) in [6.45, 7) is 2.77. The Labute approximate surface area is 225 Å². The predicted molar refractivity (Wildman–Crippen MR) is 159 cm³/mol. The molecule has 0 unspecified atom stereocenters. The average molecular weight is 525 g/mol. The molecule has 2 amide bonds. The molecule has 0 radical (unpaired) electrons. The minimum absolute atomic E-state index is 0.102. The van der Waals surface area contributed by atoms with Crippen molar-refractivity contribution >= 4 is 62.1 Å². The third-order valence-electron chi connectivity index (χ3n) is 6.17. The monoisotopic (exact) mass is 524 g/mol. The molecule has 0 saturated heterocycles. The lowest BCUT2D eigenvalue weighted by Gasteiger charge is -2.07.